The van der Waals surface area contributed by atoms with Gasteiger partial charge in [-0.15, -0.1) is 0 Å². The maximum Gasteiger partial charge on any atom is 0.137 e. The molecule has 0 aliphatic heterocycles. The normalized spacial score (nSPS) is 13.3. The zero-order valence-electron chi connectivity index (χ0n) is 11.8. The summed E-state index contributed by atoms with van der Waals surface area (Å²) in [6.45, 7) is 11.9. The van der Waals surface area contributed by atoms with Crippen molar-refractivity contribution in [3.05, 3.63) is 17.0 Å². The van der Waals surface area contributed by atoms with Gasteiger partial charge in [-0.05, 0) is 45.6 Å². The molecule has 1 heterocycles. The highest BCUT2D eigenvalue weighted by Crippen LogP contribution is 2.14. The topological polar surface area (TPSA) is 38.1 Å². The summed E-state index contributed by atoms with van der Waals surface area (Å²) in [5, 5.41) is 7.60. The van der Waals surface area contributed by atoms with E-state index in [2.05, 4.69) is 31.2 Å². The maximum absolute atomic E-state index is 5.16. The lowest BCUT2D eigenvalue weighted by atomic mass is 10.0. The van der Waals surface area contributed by atoms with E-state index in [-0.39, 0.29) is 0 Å². The van der Waals surface area contributed by atoms with E-state index in [0.717, 1.165) is 30.8 Å². The van der Waals surface area contributed by atoms with Crippen LogP contribution in [0.15, 0.2) is 4.52 Å². The molecular weight excluding hydrogens is 212 g/mol. The molecule has 0 unspecified atom stereocenters. The van der Waals surface area contributed by atoms with Crippen molar-refractivity contribution in [3.63, 3.8) is 0 Å². The lowest BCUT2D eigenvalue weighted by Gasteiger charge is -2.20. The molecule has 0 saturated carbocycles. The van der Waals surface area contributed by atoms with Crippen LogP contribution in [0, 0.1) is 19.8 Å². The van der Waals surface area contributed by atoms with Crippen molar-refractivity contribution in [3.8, 4) is 0 Å². The number of nitrogens with one attached hydrogen (secondary N) is 1. The molecule has 1 N–H and O–H groups in total. The van der Waals surface area contributed by atoms with Gasteiger partial charge in [0.2, 0.25) is 0 Å². The average molecular weight is 238 g/mol. The van der Waals surface area contributed by atoms with Gasteiger partial charge in [0.05, 0.1) is 5.69 Å². The smallest absolute Gasteiger partial charge is 0.137 e. The Bertz CT molecular complexity index is 311. The van der Waals surface area contributed by atoms with Gasteiger partial charge in [0, 0.05) is 11.6 Å². The quantitative estimate of drug-likeness (QED) is 0.741. The first kappa shape index (κ1) is 14.2. The molecule has 1 atom stereocenters. The number of aromatic nitrogens is 1. The highest BCUT2D eigenvalue weighted by atomic mass is 16.5. The minimum absolute atomic E-state index is 0.639. The van der Waals surface area contributed by atoms with Crippen LogP contribution in [0.1, 0.15) is 50.6 Å². The molecule has 0 spiro atoms. The van der Waals surface area contributed by atoms with E-state index in [1.807, 2.05) is 13.8 Å². The Labute approximate surface area is 105 Å². The van der Waals surface area contributed by atoms with Crippen LogP contribution < -0.4 is 5.32 Å². The zero-order valence-corrected chi connectivity index (χ0v) is 11.8. The highest BCUT2D eigenvalue weighted by molar-refractivity contribution is 5.20. The first-order chi connectivity index (χ1) is 8.06. The van der Waals surface area contributed by atoms with Crippen molar-refractivity contribution in [2.75, 3.05) is 6.54 Å². The summed E-state index contributed by atoms with van der Waals surface area (Å²) in [6, 6.07) is 0.639. The average Bonchev–Trinajstić information content (AvgIpc) is 2.59. The Kier molecular flexibility index (Phi) is 5.69. The summed E-state index contributed by atoms with van der Waals surface area (Å²) in [5.41, 5.74) is 2.32. The number of rotatable bonds is 7. The van der Waals surface area contributed by atoms with Gasteiger partial charge in [-0.3, -0.25) is 0 Å². The zero-order chi connectivity index (χ0) is 12.8. The summed E-state index contributed by atoms with van der Waals surface area (Å²) in [4.78, 5) is 0. The van der Waals surface area contributed by atoms with Crippen LogP contribution >= 0.6 is 0 Å². The van der Waals surface area contributed by atoms with Crippen LogP contribution in [0.25, 0.3) is 0 Å². The van der Waals surface area contributed by atoms with Crippen molar-refractivity contribution in [2.24, 2.45) is 5.92 Å². The molecular formula is C14H26N2O. The Hall–Kier alpha value is -0.830. The molecule has 1 aromatic rings. The molecule has 1 rings (SSSR count). The first-order valence-electron chi connectivity index (χ1n) is 6.71. The third-order valence-electron chi connectivity index (χ3n) is 3.44. The van der Waals surface area contributed by atoms with Crippen molar-refractivity contribution in [1.29, 1.82) is 0 Å². The Morgan fingerprint density at radius 2 is 2.00 bits per heavy atom. The largest absolute Gasteiger partial charge is 0.361 e. The van der Waals surface area contributed by atoms with Gasteiger partial charge < -0.3 is 9.84 Å². The molecule has 1 aromatic heterocycles. The molecule has 0 amide bonds. The maximum atomic E-state index is 5.16. The molecule has 0 radical (unpaired) electrons. The number of hydrogen-bond donors (Lipinski definition) is 1. The van der Waals surface area contributed by atoms with Gasteiger partial charge in [0.25, 0.3) is 0 Å². The van der Waals surface area contributed by atoms with E-state index in [0.29, 0.717) is 12.0 Å². The molecule has 0 fully saturated rings. The Morgan fingerprint density at radius 3 is 2.47 bits per heavy atom. The van der Waals surface area contributed by atoms with Gasteiger partial charge in [-0.2, -0.15) is 0 Å². The van der Waals surface area contributed by atoms with E-state index in [4.69, 9.17) is 4.52 Å². The SMILES string of the molecule is CC[C@H](NCCCc1c(C)noc1C)C(C)C. The fourth-order valence-corrected chi connectivity index (χ4v) is 2.26. The van der Waals surface area contributed by atoms with Crippen molar-refractivity contribution >= 4 is 0 Å². The molecule has 0 aromatic carbocycles. The van der Waals surface area contributed by atoms with Crippen LogP contribution in [0.2, 0.25) is 0 Å². The van der Waals surface area contributed by atoms with Gasteiger partial charge >= 0.3 is 0 Å². The van der Waals surface area contributed by atoms with Crippen LogP contribution in [0.5, 0.6) is 0 Å². The second-order valence-corrected chi connectivity index (χ2v) is 5.12. The fourth-order valence-electron chi connectivity index (χ4n) is 2.26. The third kappa shape index (κ3) is 4.15. The minimum Gasteiger partial charge on any atom is -0.361 e. The third-order valence-corrected chi connectivity index (χ3v) is 3.44. The van der Waals surface area contributed by atoms with Crippen molar-refractivity contribution in [1.82, 2.24) is 10.5 Å². The van der Waals surface area contributed by atoms with Gasteiger partial charge in [0.15, 0.2) is 0 Å². The standard InChI is InChI=1S/C14H26N2O/c1-6-14(10(2)3)15-9-7-8-13-11(4)16-17-12(13)5/h10,14-15H,6-9H2,1-5H3/t14-/m0/s1. The Balaban J connectivity index is 2.29. The number of aryl methyl sites for hydroxylation is 2. The fraction of sp³-hybridized carbons (Fsp3) is 0.786. The van der Waals surface area contributed by atoms with Crippen LogP contribution in [0.3, 0.4) is 0 Å². The van der Waals surface area contributed by atoms with E-state index in [9.17, 15) is 0 Å². The summed E-state index contributed by atoms with van der Waals surface area (Å²) in [6.07, 6.45) is 3.40. The van der Waals surface area contributed by atoms with E-state index < -0.39 is 0 Å². The molecule has 3 heteroatoms. The number of hydrogen-bond acceptors (Lipinski definition) is 3. The highest BCUT2D eigenvalue weighted by Gasteiger charge is 2.11. The molecule has 0 bridgehead atoms. The van der Waals surface area contributed by atoms with Crippen LogP contribution in [-0.2, 0) is 6.42 Å². The molecule has 3 nitrogen and oxygen atoms in total. The molecule has 0 aliphatic carbocycles. The lowest BCUT2D eigenvalue weighted by molar-refractivity contribution is 0.385. The predicted molar refractivity (Wildman–Crippen MR) is 71.2 cm³/mol. The summed E-state index contributed by atoms with van der Waals surface area (Å²) < 4.78 is 5.16. The van der Waals surface area contributed by atoms with E-state index in [1.54, 1.807) is 0 Å². The van der Waals surface area contributed by atoms with Crippen LogP contribution in [0.4, 0.5) is 0 Å². The van der Waals surface area contributed by atoms with E-state index >= 15 is 0 Å². The second-order valence-electron chi connectivity index (χ2n) is 5.12. The van der Waals surface area contributed by atoms with E-state index in [1.165, 1.54) is 12.0 Å². The molecule has 98 valence electrons. The summed E-state index contributed by atoms with van der Waals surface area (Å²) in [5.74, 6) is 1.68. The lowest BCUT2D eigenvalue weighted by Crippen LogP contribution is -2.34. The first-order valence-corrected chi connectivity index (χ1v) is 6.71. The van der Waals surface area contributed by atoms with Gasteiger partial charge in [-0.25, -0.2) is 0 Å². The van der Waals surface area contributed by atoms with Crippen molar-refractivity contribution in [2.45, 2.75) is 59.9 Å². The Morgan fingerprint density at radius 1 is 1.29 bits per heavy atom. The molecule has 0 saturated heterocycles. The van der Waals surface area contributed by atoms with Crippen LogP contribution in [-0.4, -0.2) is 17.7 Å². The minimum atomic E-state index is 0.639. The summed E-state index contributed by atoms with van der Waals surface area (Å²) >= 11 is 0. The second kappa shape index (κ2) is 6.80. The predicted octanol–water partition coefficient (Wildman–Crippen LogP) is 3.25. The van der Waals surface area contributed by atoms with Crippen molar-refractivity contribution < 1.29 is 4.52 Å². The molecule has 0 aliphatic rings. The molecule has 17 heavy (non-hydrogen) atoms. The summed E-state index contributed by atoms with van der Waals surface area (Å²) in [7, 11) is 0. The monoisotopic (exact) mass is 238 g/mol. The van der Waals surface area contributed by atoms with Gasteiger partial charge in [0.1, 0.15) is 5.76 Å². The number of nitrogens with zero attached hydrogens (tertiary/aromatic N) is 1. The van der Waals surface area contributed by atoms with Gasteiger partial charge in [-0.1, -0.05) is 25.9 Å².